The van der Waals surface area contributed by atoms with Gasteiger partial charge in [0.1, 0.15) is 41.3 Å². The van der Waals surface area contributed by atoms with Gasteiger partial charge in [-0.15, -0.1) is 0 Å². The maximum atomic E-state index is 12.7. The zero-order valence-corrected chi connectivity index (χ0v) is 16.8. The van der Waals surface area contributed by atoms with Crippen molar-refractivity contribution in [3.8, 4) is 34.5 Å². The van der Waals surface area contributed by atoms with Gasteiger partial charge in [0, 0.05) is 29.7 Å². The fraction of sp³-hybridized carbons (Fsp3) is 0.227. The summed E-state index contributed by atoms with van der Waals surface area (Å²) in [5.41, 5.74) is 0.0577. The molecule has 1 heterocycles. The molecule has 2 aliphatic rings. The van der Waals surface area contributed by atoms with E-state index in [1.165, 1.54) is 6.07 Å². The molecule has 0 saturated carbocycles. The summed E-state index contributed by atoms with van der Waals surface area (Å²) in [6.07, 6.45) is -3.66. The number of aromatic hydroxyl groups is 5. The predicted molar refractivity (Wildman–Crippen MR) is 109 cm³/mol. The van der Waals surface area contributed by atoms with Crippen LogP contribution in [-0.2, 0) is 16.0 Å². The highest BCUT2D eigenvalue weighted by Gasteiger charge is 2.38. The normalized spacial score (nSPS) is 24.2. The summed E-state index contributed by atoms with van der Waals surface area (Å²) >= 11 is 0. The summed E-state index contributed by atoms with van der Waals surface area (Å²) in [6.45, 7) is 0. The molecule has 0 amide bonds. The summed E-state index contributed by atoms with van der Waals surface area (Å²) in [6, 6.07) is 4.46. The van der Waals surface area contributed by atoms with Gasteiger partial charge in [-0.25, -0.2) is 4.79 Å². The maximum absolute atomic E-state index is 12.7. The number of hydrogen-bond acceptors (Lipinski definition) is 11. The summed E-state index contributed by atoms with van der Waals surface area (Å²) in [5.74, 6) is -4.29. The highest BCUT2D eigenvalue weighted by atomic mass is 16.6. The maximum Gasteiger partial charge on any atom is 0.338 e. The van der Waals surface area contributed by atoms with Crippen LogP contribution in [0.1, 0.15) is 17.2 Å². The highest BCUT2D eigenvalue weighted by Crippen LogP contribution is 2.45. The molecular formula is C22H20O11. The third-order valence-electron chi connectivity index (χ3n) is 5.36. The zero-order chi connectivity index (χ0) is 24.0. The first-order valence-corrected chi connectivity index (χ1v) is 9.71. The van der Waals surface area contributed by atoms with E-state index in [2.05, 4.69) is 0 Å². The van der Waals surface area contributed by atoms with Crippen LogP contribution in [0.2, 0.25) is 0 Å². The van der Waals surface area contributed by atoms with Gasteiger partial charge in [0.2, 0.25) is 0 Å². The molecule has 2 aromatic rings. The van der Waals surface area contributed by atoms with E-state index < -0.39 is 53.4 Å². The number of carbonyl (C=O) groups is 1. The van der Waals surface area contributed by atoms with Crippen molar-refractivity contribution in [3.05, 3.63) is 58.9 Å². The molecule has 174 valence electrons. The van der Waals surface area contributed by atoms with Gasteiger partial charge in [-0.05, 0) is 24.3 Å². The van der Waals surface area contributed by atoms with Gasteiger partial charge in [0.15, 0.2) is 23.4 Å². The summed E-state index contributed by atoms with van der Waals surface area (Å²) in [7, 11) is 0. The largest absolute Gasteiger partial charge is 0.509 e. The van der Waals surface area contributed by atoms with Gasteiger partial charge < -0.3 is 50.3 Å². The number of carbonyl (C=O) groups excluding carboxylic acids is 1. The Labute approximate surface area is 185 Å². The van der Waals surface area contributed by atoms with Crippen molar-refractivity contribution in [2.24, 2.45) is 0 Å². The number of benzene rings is 2. The molecular weight excluding hydrogens is 440 g/mol. The first kappa shape index (κ1) is 22.1. The van der Waals surface area contributed by atoms with E-state index in [4.69, 9.17) is 9.47 Å². The van der Waals surface area contributed by atoms with E-state index in [9.17, 15) is 45.6 Å². The zero-order valence-electron chi connectivity index (χ0n) is 16.8. The Morgan fingerprint density at radius 3 is 2.24 bits per heavy atom. The molecule has 4 atom stereocenters. The fourth-order valence-electron chi connectivity index (χ4n) is 3.70. The molecule has 2 aromatic carbocycles. The molecule has 0 unspecified atom stereocenters. The number of ether oxygens (including phenoxy) is 2. The Morgan fingerprint density at radius 1 is 0.939 bits per heavy atom. The van der Waals surface area contributed by atoms with Crippen molar-refractivity contribution in [1.82, 2.24) is 0 Å². The van der Waals surface area contributed by atoms with E-state index in [1.807, 2.05) is 0 Å². The van der Waals surface area contributed by atoms with Gasteiger partial charge in [0.25, 0.3) is 0 Å². The lowest BCUT2D eigenvalue weighted by Gasteiger charge is -2.34. The molecule has 11 heteroatoms. The lowest BCUT2D eigenvalue weighted by atomic mass is 9.93. The standard InChI is InChI=1S/C22H20O11/c23-10-5-12(24)11-7-18(33-22(31)9-3-15(27)20(30)16(28)4-9)21(32-17(11)6-10)8-1-13(25)19(29)14(26)2-8/h1-6,15,18,20-21,23-30H,7H2/t15-,18+,20-,21+/m0/s1. The minimum absolute atomic E-state index is 0.0600. The quantitative estimate of drug-likeness (QED) is 0.239. The monoisotopic (exact) mass is 460 g/mol. The minimum atomic E-state index is -1.59. The van der Waals surface area contributed by atoms with Crippen molar-refractivity contribution in [3.63, 3.8) is 0 Å². The van der Waals surface area contributed by atoms with Gasteiger partial charge in [-0.2, -0.15) is 0 Å². The molecule has 0 spiro atoms. The molecule has 1 aliphatic heterocycles. The van der Waals surface area contributed by atoms with E-state index >= 15 is 0 Å². The molecule has 1 aliphatic carbocycles. The Bertz CT molecular complexity index is 1160. The van der Waals surface area contributed by atoms with Crippen molar-refractivity contribution in [2.75, 3.05) is 0 Å². The van der Waals surface area contributed by atoms with Crippen LogP contribution >= 0.6 is 0 Å². The second kappa shape index (κ2) is 8.11. The number of hydrogen-bond donors (Lipinski definition) is 8. The molecule has 0 bridgehead atoms. The average Bonchev–Trinajstić information content (AvgIpc) is 2.75. The second-order valence-corrected chi connectivity index (χ2v) is 7.66. The van der Waals surface area contributed by atoms with Gasteiger partial charge in [-0.3, -0.25) is 0 Å². The van der Waals surface area contributed by atoms with Gasteiger partial charge in [-0.1, -0.05) is 0 Å². The van der Waals surface area contributed by atoms with Crippen molar-refractivity contribution in [2.45, 2.75) is 30.8 Å². The lowest BCUT2D eigenvalue weighted by molar-refractivity contribution is -0.150. The summed E-state index contributed by atoms with van der Waals surface area (Å²) in [5, 5.41) is 78.5. The molecule has 4 rings (SSSR count). The van der Waals surface area contributed by atoms with Crippen LogP contribution in [0.15, 0.2) is 47.7 Å². The first-order chi connectivity index (χ1) is 15.5. The topological polar surface area (TPSA) is 197 Å². The lowest BCUT2D eigenvalue weighted by Crippen LogP contribution is -2.36. The van der Waals surface area contributed by atoms with Gasteiger partial charge >= 0.3 is 5.97 Å². The molecule has 11 nitrogen and oxygen atoms in total. The van der Waals surface area contributed by atoms with Crippen molar-refractivity contribution in [1.29, 1.82) is 0 Å². The number of phenols is 5. The van der Waals surface area contributed by atoms with Crippen LogP contribution in [0.3, 0.4) is 0 Å². The van der Waals surface area contributed by atoms with Crippen LogP contribution < -0.4 is 4.74 Å². The van der Waals surface area contributed by atoms with E-state index in [1.54, 1.807) is 0 Å². The van der Waals surface area contributed by atoms with E-state index in [0.29, 0.717) is 0 Å². The third kappa shape index (κ3) is 4.06. The van der Waals surface area contributed by atoms with Crippen LogP contribution in [0.5, 0.6) is 34.5 Å². The van der Waals surface area contributed by atoms with Gasteiger partial charge in [0.05, 0.1) is 5.57 Å². The first-order valence-electron chi connectivity index (χ1n) is 9.71. The molecule has 8 N–H and O–H groups in total. The SMILES string of the molecule is O=C(O[C@@H]1Cc2c(O)cc(O)cc2O[C@@H]1c1cc(O)c(O)c(O)c1)C1=C[C@H](O)[C@H](O)C(O)=C1. The number of aliphatic hydroxyl groups excluding tert-OH is 3. The Hall–Kier alpha value is -4.09. The number of esters is 1. The van der Waals surface area contributed by atoms with E-state index in [0.717, 1.165) is 30.4 Å². The fourth-order valence-corrected chi connectivity index (χ4v) is 3.70. The third-order valence-corrected chi connectivity index (χ3v) is 5.36. The summed E-state index contributed by atoms with van der Waals surface area (Å²) in [4.78, 5) is 12.7. The molecule has 33 heavy (non-hydrogen) atoms. The predicted octanol–water partition coefficient (Wildman–Crippen LogP) is 0.906. The van der Waals surface area contributed by atoms with Crippen LogP contribution in [0.4, 0.5) is 0 Å². The number of rotatable bonds is 3. The van der Waals surface area contributed by atoms with Crippen LogP contribution in [0, 0.1) is 0 Å². The Kier molecular flexibility index (Phi) is 5.44. The molecule has 0 saturated heterocycles. The molecule has 0 aromatic heterocycles. The molecule has 0 fully saturated rings. The van der Waals surface area contributed by atoms with Crippen LogP contribution in [0.25, 0.3) is 0 Å². The number of fused-ring (bicyclic) bond motifs is 1. The van der Waals surface area contributed by atoms with E-state index in [-0.39, 0.29) is 40.4 Å². The summed E-state index contributed by atoms with van der Waals surface area (Å²) < 4.78 is 11.3. The minimum Gasteiger partial charge on any atom is -0.509 e. The number of phenolic OH excluding ortho intramolecular Hbond substituents is 5. The van der Waals surface area contributed by atoms with Crippen LogP contribution in [-0.4, -0.2) is 65.1 Å². The van der Waals surface area contributed by atoms with Crippen molar-refractivity contribution < 1.29 is 55.1 Å². The Morgan fingerprint density at radius 2 is 1.61 bits per heavy atom. The second-order valence-electron chi connectivity index (χ2n) is 7.66. The highest BCUT2D eigenvalue weighted by molar-refractivity contribution is 5.92. The number of aliphatic hydroxyl groups is 3. The Balaban J connectivity index is 1.72. The van der Waals surface area contributed by atoms with Crippen molar-refractivity contribution >= 4 is 5.97 Å². The molecule has 0 radical (unpaired) electrons. The average molecular weight is 460 g/mol. The smallest absolute Gasteiger partial charge is 0.338 e.